The highest BCUT2D eigenvalue weighted by atomic mass is 32.2. The fraction of sp³-hybridized carbons (Fsp3) is 0.154. The summed E-state index contributed by atoms with van der Waals surface area (Å²) in [5.74, 6) is -0.784. The Bertz CT molecular complexity index is 1370. The first kappa shape index (κ1) is 26.9. The van der Waals surface area contributed by atoms with Crippen molar-refractivity contribution in [3.63, 3.8) is 0 Å². The number of carboxylic acids is 1. The second-order valence-electron chi connectivity index (χ2n) is 8.05. The van der Waals surface area contributed by atoms with Gasteiger partial charge in [0, 0.05) is 22.8 Å². The Morgan fingerprint density at radius 1 is 0.895 bits per heavy atom. The van der Waals surface area contributed by atoms with Gasteiger partial charge in [0.1, 0.15) is 11.9 Å². The zero-order valence-electron chi connectivity index (χ0n) is 19.6. The predicted octanol–water partition coefficient (Wildman–Crippen LogP) is 6.24. The first-order chi connectivity index (χ1) is 18.2. The molecule has 0 saturated carbocycles. The van der Waals surface area contributed by atoms with Crippen molar-refractivity contribution in [1.82, 2.24) is 15.0 Å². The number of hydrogen-bond donors (Lipinski definition) is 3. The number of rotatable bonds is 10. The number of benzene rings is 3. The van der Waals surface area contributed by atoms with Gasteiger partial charge < -0.3 is 15.7 Å². The second-order valence-corrected chi connectivity index (χ2v) is 9.08. The summed E-state index contributed by atoms with van der Waals surface area (Å²) < 4.78 is 52.1. The first-order valence-corrected chi connectivity index (χ1v) is 12.4. The Morgan fingerprint density at radius 2 is 1.55 bits per heavy atom. The van der Waals surface area contributed by atoms with Crippen molar-refractivity contribution in [3.8, 4) is 11.4 Å². The quantitative estimate of drug-likeness (QED) is 0.202. The zero-order valence-corrected chi connectivity index (χ0v) is 20.4. The first-order valence-electron chi connectivity index (χ1n) is 11.2. The van der Waals surface area contributed by atoms with Gasteiger partial charge in [-0.1, -0.05) is 30.3 Å². The highest BCUT2D eigenvalue weighted by Gasteiger charge is 2.30. The van der Waals surface area contributed by atoms with E-state index in [1.807, 2.05) is 30.3 Å². The predicted molar refractivity (Wildman–Crippen MR) is 138 cm³/mol. The number of carboxylic acid groups (broad SMARTS) is 1. The van der Waals surface area contributed by atoms with Gasteiger partial charge in [-0.2, -0.15) is 39.9 Å². The Labute approximate surface area is 219 Å². The van der Waals surface area contributed by atoms with E-state index in [4.69, 9.17) is 0 Å². The van der Waals surface area contributed by atoms with E-state index in [0.717, 1.165) is 17.7 Å². The molecule has 196 valence electrons. The lowest BCUT2D eigenvalue weighted by Gasteiger charge is -2.16. The second kappa shape index (κ2) is 11.9. The summed E-state index contributed by atoms with van der Waals surface area (Å²) in [6.07, 6.45) is -4.48. The number of thioether (sulfide) groups is 1. The molecule has 3 N–H and O–H groups in total. The Morgan fingerprint density at radius 3 is 2.18 bits per heavy atom. The molecular weight excluding hydrogens is 522 g/mol. The lowest BCUT2D eigenvalue weighted by atomic mass is 10.2. The van der Waals surface area contributed by atoms with E-state index in [1.54, 1.807) is 0 Å². The van der Waals surface area contributed by atoms with Crippen molar-refractivity contribution in [2.24, 2.45) is 0 Å². The van der Waals surface area contributed by atoms with E-state index in [9.17, 15) is 27.5 Å². The Kier molecular flexibility index (Phi) is 8.41. The molecule has 0 aliphatic carbocycles. The molecule has 12 heteroatoms. The third kappa shape index (κ3) is 7.42. The van der Waals surface area contributed by atoms with Crippen LogP contribution in [0.4, 0.5) is 35.1 Å². The molecule has 4 rings (SSSR count). The fourth-order valence-electron chi connectivity index (χ4n) is 3.30. The number of anilines is 3. The van der Waals surface area contributed by atoms with Crippen LogP contribution < -0.4 is 10.6 Å². The minimum Gasteiger partial charge on any atom is -0.480 e. The highest BCUT2D eigenvalue weighted by Crippen LogP contribution is 2.30. The van der Waals surface area contributed by atoms with Crippen LogP contribution in [0.2, 0.25) is 0 Å². The SMILES string of the molecule is O=C(O)C(CSCc1ccccc1)Nc1nc(Nc2ccc(C(F)(F)F)cc2)nc(-c2ccc(F)cc2)n1. The molecule has 0 aliphatic rings. The van der Waals surface area contributed by atoms with Crippen molar-refractivity contribution in [1.29, 1.82) is 0 Å². The molecule has 0 saturated heterocycles. The number of hydrogen-bond acceptors (Lipinski definition) is 7. The maximum Gasteiger partial charge on any atom is 0.416 e. The molecule has 1 atom stereocenters. The van der Waals surface area contributed by atoms with E-state index in [2.05, 4.69) is 25.6 Å². The maximum absolute atomic E-state index is 13.4. The average molecular weight is 544 g/mol. The number of halogens is 4. The van der Waals surface area contributed by atoms with Crippen molar-refractivity contribution in [3.05, 3.63) is 95.8 Å². The van der Waals surface area contributed by atoms with E-state index in [1.165, 1.54) is 48.2 Å². The van der Waals surface area contributed by atoms with E-state index < -0.39 is 29.6 Å². The lowest BCUT2D eigenvalue weighted by molar-refractivity contribution is -0.138. The van der Waals surface area contributed by atoms with Crippen molar-refractivity contribution in [2.75, 3.05) is 16.4 Å². The third-order valence-corrected chi connectivity index (χ3v) is 6.31. The summed E-state index contributed by atoms with van der Waals surface area (Å²) in [6.45, 7) is 0. The monoisotopic (exact) mass is 543 g/mol. The molecule has 7 nitrogen and oxygen atoms in total. The summed E-state index contributed by atoms with van der Waals surface area (Å²) >= 11 is 1.41. The van der Waals surface area contributed by atoms with Gasteiger partial charge in [-0.3, -0.25) is 0 Å². The van der Waals surface area contributed by atoms with E-state index in [0.29, 0.717) is 11.3 Å². The smallest absolute Gasteiger partial charge is 0.416 e. The highest BCUT2D eigenvalue weighted by molar-refractivity contribution is 7.98. The van der Waals surface area contributed by atoms with Crippen LogP contribution in [0.3, 0.4) is 0 Å². The van der Waals surface area contributed by atoms with Gasteiger partial charge in [-0.15, -0.1) is 0 Å². The maximum atomic E-state index is 13.4. The summed E-state index contributed by atoms with van der Waals surface area (Å²) in [7, 11) is 0. The molecule has 1 unspecified atom stereocenters. The molecule has 0 amide bonds. The van der Waals surface area contributed by atoms with Crippen LogP contribution in [0.25, 0.3) is 11.4 Å². The number of alkyl halides is 3. The molecule has 38 heavy (non-hydrogen) atoms. The molecule has 1 heterocycles. The van der Waals surface area contributed by atoms with Gasteiger partial charge in [-0.05, 0) is 54.1 Å². The minimum atomic E-state index is -4.48. The van der Waals surface area contributed by atoms with Gasteiger partial charge in [0.25, 0.3) is 0 Å². The van der Waals surface area contributed by atoms with Crippen molar-refractivity contribution >= 4 is 35.3 Å². The Hall–Kier alpha value is -4.19. The van der Waals surface area contributed by atoms with E-state index >= 15 is 0 Å². The fourth-order valence-corrected chi connectivity index (χ4v) is 4.30. The van der Waals surface area contributed by atoms with Crippen LogP contribution in [0.5, 0.6) is 0 Å². The molecule has 0 aliphatic heterocycles. The van der Waals surface area contributed by atoms with Crippen molar-refractivity contribution in [2.45, 2.75) is 18.0 Å². The van der Waals surface area contributed by atoms with Gasteiger partial charge >= 0.3 is 12.1 Å². The van der Waals surface area contributed by atoms with Crippen LogP contribution in [0.15, 0.2) is 78.9 Å². The number of aromatic nitrogens is 3. The van der Waals surface area contributed by atoms with Crippen LogP contribution >= 0.6 is 11.8 Å². The molecule has 1 aromatic heterocycles. The van der Waals surface area contributed by atoms with Crippen LogP contribution in [0, 0.1) is 5.82 Å². The standard InChI is InChI=1S/C26H21F4N5O2S/c27-19-10-6-17(7-11-19)22-33-24(31-20-12-8-18(9-13-20)26(28,29)30)35-25(34-22)32-21(23(36)37)15-38-14-16-4-2-1-3-5-16/h1-13,21H,14-15H2,(H,36,37)(H2,31,32,33,34,35). The van der Waals surface area contributed by atoms with Gasteiger partial charge in [0.15, 0.2) is 5.82 Å². The summed E-state index contributed by atoms with van der Waals surface area (Å²) in [4.78, 5) is 24.7. The van der Waals surface area contributed by atoms with E-state index in [-0.39, 0.29) is 29.2 Å². The normalized spacial score (nSPS) is 12.1. The van der Waals surface area contributed by atoms with Crippen molar-refractivity contribution < 1.29 is 27.5 Å². The minimum absolute atomic E-state index is 0.0392. The number of nitrogens with one attached hydrogen (secondary N) is 2. The molecule has 0 radical (unpaired) electrons. The molecule has 3 aromatic carbocycles. The number of carbonyl (C=O) groups is 1. The summed E-state index contributed by atoms with van der Waals surface area (Å²) in [6, 6.07) is 18.1. The number of nitrogens with zero attached hydrogens (tertiary/aromatic N) is 3. The van der Waals surface area contributed by atoms with Crippen LogP contribution in [0.1, 0.15) is 11.1 Å². The van der Waals surface area contributed by atoms with Crippen LogP contribution in [-0.4, -0.2) is 37.8 Å². The Balaban J connectivity index is 1.57. The van der Waals surface area contributed by atoms with Gasteiger partial charge in [0.2, 0.25) is 11.9 Å². The van der Waals surface area contributed by atoms with Crippen LogP contribution in [-0.2, 0) is 16.7 Å². The topological polar surface area (TPSA) is 100 Å². The summed E-state index contributed by atoms with van der Waals surface area (Å²) in [5.41, 5.74) is 0.930. The van der Waals surface area contributed by atoms with Gasteiger partial charge in [0.05, 0.1) is 5.56 Å². The number of aliphatic carboxylic acids is 1. The largest absolute Gasteiger partial charge is 0.480 e. The van der Waals surface area contributed by atoms with Gasteiger partial charge in [-0.25, -0.2) is 9.18 Å². The summed E-state index contributed by atoms with van der Waals surface area (Å²) in [5, 5.41) is 15.4. The molecule has 0 fully saturated rings. The third-order valence-electron chi connectivity index (χ3n) is 5.20. The molecule has 0 spiro atoms. The zero-order chi connectivity index (χ0) is 27.1. The molecular formula is C26H21F4N5O2S. The molecule has 0 bridgehead atoms. The average Bonchev–Trinajstić information content (AvgIpc) is 2.89. The lowest BCUT2D eigenvalue weighted by Crippen LogP contribution is -2.32. The molecule has 4 aromatic rings.